The fraction of sp³-hybridized carbons (Fsp3) is 0.529. The van der Waals surface area contributed by atoms with E-state index in [1.165, 1.54) is 0 Å². The van der Waals surface area contributed by atoms with Crippen molar-refractivity contribution in [3.05, 3.63) is 29.8 Å². The molecule has 2 N–H and O–H groups in total. The van der Waals surface area contributed by atoms with Crippen LogP contribution in [0.25, 0.3) is 0 Å². The van der Waals surface area contributed by atoms with Gasteiger partial charge in [0, 0.05) is 25.9 Å². The van der Waals surface area contributed by atoms with Gasteiger partial charge in [0.2, 0.25) is 0 Å². The molecule has 0 radical (unpaired) electrons. The Morgan fingerprint density at radius 1 is 1.35 bits per heavy atom. The number of urea groups is 1. The van der Waals surface area contributed by atoms with Crippen LogP contribution in [0.1, 0.15) is 18.9 Å². The van der Waals surface area contributed by atoms with E-state index >= 15 is 0 Å². The molecule has 2 atom stereocenters. The molecule has 1 aliphatic heterocycles. The molecule has 1 aromatic carbocycles. The highest BCUT2D eigenvalue weighted by molar-refractivity contribution is 5.90. The molecule has 2 unspecified atom stereocenters. The van der Waals surface area contributed by atoms with Gasteiger partial charge < -0.3 is 20.1 Å². The number of para-hydroxylation sites is 1. The number of carboxylic acids is 1. The Hall–Kier alpha value is -2.08. The number of carbonyl (C=O) groups is 2. The molecule has 1 aliphatic rings. The Morgan fingerprint density at radius 3 is 2.78 bits per heavy atom. The Labute approximate surface area is 136 Å². The first-order chi connectivity index (χ1) is 11.0. The SMILES string of the molecule is COCCc1ccccc1NC(=O)N1CC(C)CC(C(=O)O)C1. The second-order valence-electron chi connectivity index (χ2n) is 6.11. The van der Waals surface area contributed by atoms with Gasteiger partial charge in [0.25, 0.3) is 0 Å². The largest absolute Gasteiger partial charge is 0.481 e. The highest BCUT2D eigenvalue weighted by atomic mass is 16.5. The molecular formula is C17H24N2O4. The number of carboxylic acid groups (broad SMARTS) is 1. The second-order valence-corrected chi connectivity index (χ2v) is 6.11. The number of rotatable bonds is 5. The maximum atomic E-state index is 12.5. The average Bonchev–Trinajstić information content (AvgIpc) is 2.53. The molecule has 23 heavy (non-hydrogen) atoms. The van der Waals surface area contributed by atoms with E-state index in [0.29, 0.717) is 26.0 Å². The molecule has 0 saturated carbocycles. The number of aliphatic carboxylic acids is 1. The lowest BCUT2D eigenvalue weighted by atomic mass is 9.91. The van der Waals surface area contributed by atoms with Gasteiger partial charge in [-0.3, -0.25) is 4.79 Å². The number of methoxy groups -OCH3 is 1. The van der Waals surface area contributed by atoms with E-state index < -0.39 is 11.9 Å². The summed E-state index contributed by atoms with van der Waals surface area (Å²) in [5.41, 5.74) is 1.75. The van der Waals surface area contributed by atoms with Crippen molar-refractivity contribution in [2.24, 2.45) is 11.8 Å². The standard InChI is InChI=1S/C17H24N2O4/c1-12-9-14(16(20)21)11-19(10-12)17(22)18-15-6-4-3-5-13(15)7-8-23-2/h3-6,12,14H,7-11H2,1-2H3,(H,18,22)(H,20,21). The third kappa shape index (κ3) is 4.69. The van der Waals surface area contributed by atoms with E-state index in [4.69, 9.17) is 4.74 Å². The van der Waals surface area contributed by atoms with Crippen molar-refractivity contribution in [3.8, 4) is 0 Å². The number of piperidine rings is 1. The lowest BCUT2D eigenvalue weighted by molar-refractivity contribution is -0.143. The van der Waals surface area contributed by atoms with E-state index in [9.17, 15) is 14.7 Å². The van der Waals surface area contributed by atoms with Crippen LogP contribution >= 0.6 is 0 Å². The van der Waals surface area contributed by atoms with E-state index in [1.54, 1.807) is 12.0 Å². The third-order valence-electron chi connectivity index (χ3n) is 4.13. The number of anilines is 1. The Kier molecular flexibility index (Phi) is 5.98. The first-order valence-electron chi connectivity index (χ1n) is 7.86. The topological polar surface area (TPSA) is 78.9 Å². The van der Waals surface area contributed by atoms with Crippen LogP contribution in [-0.2, 0) is 16.0 Å². The van der Waals surface area contributed by atoms with Crippen molar-refractivity contribution in [1.29, 1.82) is 0 Å². The number of amides is 2. The third-order valence-corrected chi connectivity index (χ3v) is 4.13. The highest BCUT2D eigenvalue weighted by Crippen LogP contribution is 2.23. The first kappa shape index (κ1) is 17.3. The molecule has 0 aromatic heterocycles. The molecule has 0 bridgehead atoms. The summed E-state index contributed by atoms with van der Waals surface area (Å²) < 4.78 is 5.09. The van der Waals surface area contributed by atoms with Gasteiger partial charge in [-0.1, -0.05) is 25.1 Å². The summed E-state index contributed by atoms with van der Waals surface area (Å²) in [5, 5.41) is 12.1. The van der Waals surface area contributed by atoms with Crippen LogP contribution in [0.2, 0.25) is 0 Å². The van der Waals surface area contributed by atoms with E-state index in [2.05, 4.69) is 5.32 Å². The number of ether oxygens (including phenoxy) is 1. The van der Waals surface area contributed by atoms with Gasteiger partial charge in [-0.25, -0.2) is 4.79 Å². The number of nitrogens with one attached hydrogen (secondary N) is 1. The fourth-order valence-corrected chi connectivity index (χ4v) is 2.96. The number of nitrogens with zero attached hydrogens (tertiary/aromatic N) is 1. The number of carbonyl (C=O) groups excluding carboxylic acids is 1. The van der Waals surface area contributed by atoms with Crippen molar-refractivity contribution in [3.63, 3.8) is 0 Å². The molecule has 6 heteroatoms. The van der Waals surface area contributed by atoms with Gasteiger partial charge in [0.05, 0.1) is 12.5 Å². The number of hydrogen-bond donors (Lipinski definition) is 2. The molecular weight excluding hydrogens is 296 g/mol. The summed E-state index contributed by atoms with van der Waals surface area (Å²) in [6.07, 6.45) is 1.32. The van der Waals surface area contributed by atoms with Gasteiger partial charge in [-0.05, 0) is 30.4 Å². The summed E-state index contributed by atoms with van der Waals surface area (Å²) in [6, 6.07) is 7.35. The summed E-state index contributed by atoms with van der Waals surface area (Å²) >= 11 is 0. The first-order valence-corrected chi connectivity index (χ1v) is 7.86. The fourth-order valence-electron chi connectivity index (χ4n) is 2.96. The molecule has 2 rings (SSSR count). The quantitative estimate of drug-likeness (QED) is 0.873. The van der Waals surface area contributed by atoms with Gasteiger partial charge >= 0.3 is 12.0 Å². The van der Waals surface area contributed by atoms with E-state index in [0.717, 1.165) is 11.3 Å². The number of benzene rings is 1. The summed E-state index contributed by atoms with van der Waals surface area (Å²) in [6.45, 7) is 3.39. The van der Waals surface area contributed by atoms with Crippen LogP contribution in [0.3, 0.4) is 0 Å². The molecule has 1 saturated heterocycles. The van der Waals surface area contributed by atoms with Crippen molar-refractivity contribution >= 4 is 17.7 Å². The Bertz CT molecular complexity index is 561. The van der Waals surface area contributed by atoms with E-state index in [1.807, 2.05) is 31.2 Å². The van der Waals surface area contributed by atoms with Crippen molar-refractivity contribution in [1.82, 2.24) is 4.90 Å². The predicted molar refractivity (Wildman–Crippen MR) is 87.5 cm³/mol. The smallest absolute Gasteiger partial charge is 0.321 e. The van der Waals surface area contributed by atoms with Crippen molar-refractivity contribution in [2.45, 2.75) is 19.8 Å². The zero-order valence-electron chi connectivity index (χ0n) is 13.6. The monoisotopic (exact) mass is 320 g/mol. The number of likely N-dealkylation sites (tertiary alicyclic amines) is 1. The highest BCUT2D eigenvalue weighted by Gasteiger charge is 2.32. The molecule has 0 aliphatic carbocycles. The van der Waals surface area contributed by atoms with Crippen LogP contribution in [0.4, 0.5) is 10.5 Å². The van der Waals surface area contributed by atoms with E-state index in [-0.39, 0.29) is 18.5 Å². The second kappa shape index (κ2) is 7.97. The minimum atomic E-state index is -0.838. The summed E-state index contributed by atoms with van der Waals surface area (Å²) in [4.78, 5) is 25.3. The molecule has 1 fully saturated rings. The summed E-state index contributed by atoms with van der Waals surface area (Å²) in [7, 11) is 1.64. The molecule has 1 aromatic rings. The van der Waals surface area contributed by atoms with Gasteiger partial charge in [0.1, 0.15) is 0 Å². The molecule has 126 valence electrons. The zero-order valence-corrected chi connectivity index (χ0v) is 13.6. The van der Waals surface area contributed by atoms with Crippen molar-refractivity contribution in [2.75, 3.05) is 32.1 Å². The molecule has 6 nitrogen and oxygen atoms in total. The van der Waals surface area contributed by atoms with Crippen LogP contribution in [0.5, 0.6) is 0 Å². The van der Waals surface area contributed by atoms with Crippen LogP contribution in [0, 0.1) is 11.8 Å². The maximum absolute atomic E-state index is 12.5. The summed E-state index contributed by atoms with van der Waals surface area (Å²) in [5.74, 6) is -1.15. The molecule has 0 spiro atoms. The van der Waals surface area contributed by atoms with Crippen LogP contribution < -0.4 is 5.32 Å². The minimum absolute atomic E-state index is 0.180. The van der Waals surface area contributed by atoms with Gasteiger partial charge in [-0.2, -0.15) is 0 Å². The maximum Gasteiger partial charge on any atom is 0.321 e. The van der Waals surface area contributed by atoms with Crippen LogP contribution in [-0.4, -0.2) is 48.8 Å². The lowest BCUT2D eigenvalue weighted by Gasteiger charge is -2.34. The van der Waals surface area contributed by atoms with Crippen molar-refractivity contribution < 1.29 is 19.4 Å². The van der Waals surface area contributed by atoms with Gasteiger partial charge in [-0.15, -0.1) is 0 Å². The van der Waals surface area contributed by atoms with Gasteiger partial charge in [0.15, 0.2) is 0 Å². The molecule has 2 amide bonds. The average molecular weight is 320 g/mol. The number of hydrogen-bond acceptors (Lipinski definition) is 3. The Balaban J connectivity index is 2.05. The van der Waals surface area contributed by atoms with Crippen LogP contribution in [0.15, 0.2) is 24.3 Å². The Morgan fingerprint density at radius 2 is 2.09 bits per heavy atom. The minimum Gasteiger partial charge on any atom is -0.481 e. The predicted octanol–water partition coefficient (Wildman–Crippen LogP) is 2.45. The zero-order chi connectivity index (χ0) is 16.8. The molecule has 1 heterocycles. The normalized spacial score (nSPS) is 21.0. The lowest BCUT2D eigenvalue weighted by Crippen LogP contribution is -2.47.